The molecule has 0 N–H and O–H groups in total. The zero-order valence-electron chi connectivity index (χ0n) is 17.5. The van der Waals surface area contributed by atoms with E-state index in [-0.39, 0.29) is 0 Å². The Morgan fingerprint density at radius 2 is 0.781 bits per heavy atom. The summed E-state index contributed by atoms with van der Waals surface area (Å²) in [6.07, 6.45) is 0. The van der Waals surface area contributed by atoms with Crippen LogP contribution < -0.4 is 17.2 Å². The van der Waals surface area contributed by atoms with E-state index in [9.17, 15) is 0 Å². The van der Waals surface area contributed by atoms with E-state index in [2.05, 4.69) is 127 Å². The van der Waals surface area contributed by atoms with E-state index in [0.717, 1.165) is 5.75 Å². The summed E-state index contributed by atoms with van der Waals surface area (Å²) in [5, 5.41) is 0. The molecule has 1 heterocycles. The van der Waals surface area contributed by atoms with E-state index >= 15 is 0 Å². The van der Waals surface area contributed by atoms with Gasteiger partial charge in [0.25, 0.3) is 0 Å². The van der Waals surface area contributed by atoms with Gasteiger partial charge in [-0.25, -0.2) is 0 Å². The number of benzene rings is 5. The predicted octanol–water partition coefficient (Wildman–Crippen LogP) is 5.38. The summed E-state index contributed by atoms with van der Waals surface area (Å²) < 4.78 is 11.2. The van der Waals surface area contributed by atoms with Crippen LogP contribution >= 0.6 is 0 Å². The molecule has 0 atom stereocenters. The zero-order chi connectivity index (χ0) is 21.4. The van der Waals surface area contributed by atoms with Crippen LogP contribution in [-0.4, -0.2) is 13.2 Å². The fraction of sp³-hybridized carbons (Fsp3) is 0. The van der Waals surface area contributed by atoms with Gasteiger partial charge in [0.1, 0.15) is 0 Å². The maximum absolute atomic E-state index is 7.22. The van der Waals surface area contributed by atoms with E-state index in [4.69, 9.17) is 3.82 Å². The molecular weight excluding hydrogens is 455 g/mol. The van der Waals surface area contributed by atoms with Crippen molar-refractivity contribution in [3.05, 3.63) is 133 Å². The van der Waals surface area contributed by atoms with Gasteiger partial charge in [0.05, 0.1) is 0 Å². The molecule has 154 valence electrons. The van der Waals surface area contributed by atoms with Gasteiger partial charge >= 0.3 is 192 Å². The average molecular weight is 477 g/mol. The molecule has 1 nitrogen and oxygen atoms in total. The molecule has 1 aliphatic rings. The normalized spacial score (nSPS) is 14.2. The topological polar surface area (TPSA) is 9.23 Å². The fourth-order valence-electron chi connectivity index (χ4n) is 4.56. The molecule has 0 aromatic heterocycles. The van der Waals surface area contributed by atoms with Crippen molar-refractivity contribution >= 4 is 26.6 Å². The summed E-state index contributed by atoms with van der Waals surface area (Å²) in [7, 11) is 0. The Balaban J connectivity index is 1.71. The molecule has 0 unspecified atom stereocenters. The third-order valence-electron chi connectivity index (χ3n) is 5.93. The van der Waals surface area contributed by atoms with Crippen molar-refractivity contribution in [3.8, 4) is 28.0 Å². The number of hydrogen-bond donors (Lipinski definition) is 0. The Kier molecular flexibility index (Phi) is 4.68. The summed E-state index contributed by atoms with van der Waals surface area (Å²) >= 11 is -3.08. The molecule has 0 amide bonds. The molecule has 0 radical (unpaired) electrons. The van der Waals surface area contributed by atoms with Crippen molar-refractivity contribution in [3.63, 3.8) is 0 Å². The van der Waals surface area contributed by atoms with Gasteiger partial charge in [-0.3, -0.25) is 0 Å². The molecule has 0 bridgehead atoms. The standard InChI is InChI=1S/C30H22OSe/c1-3-13-23(14-4-1)25-17-7-10-20-28(25)32(31-24-15-5-2-6-16-24)29-21-11-8-18-26(29)27-19-9-12-22-30(27)32/h1-22H. The van der Waals surface area contributed by atoms with Crippen LogP contribution in [0.3, 0.4) is 0 Å². The molecule has 2 heteroatoms. The minimum atomic E-state index is -3.08. The van der Waals surface area contributed by atoms with Crippen LogP contribution in [0.1, 0.15) is 0 Å². The molecule has 6 rings (SSSR count). The molecule has 0 spiro atoms. The van der Waals surface area contributed by atoms with Crippen molar-refractivity contribution in [1.29, 1.82) is 0 Å². The molecule has 0 aliphatic carbocycles. The van der Waals surface area contributed by atoms with E-state index in [1.807, 2.05) is 6.07 Å². The molecule has 0 saturated carbocycles. The Labute approximate surface area is 191 Å². The van der Waals surface area contributed by atoms with Crippen molar-refractivity contribution < 1.29 is 3.82 Å². The number of hydrogen-bond acceptors (Lipinski definition) is 1. The van der Waals surface area contributed by atoms with E-state index in [0.29, 0.717) is 0 Å². The van der Waals surface area contributed by atoms with Gasteiger partial charge in [0.15, 0.2) is 0 Å². The summed E-state index contributed by atoms with van der Waals surface area (Å²) in [4.78, 5) is 0. The van der Waals surface area contributed by atoms with Gasteiger partial charge in [-0.15, -0.1) is 0 Å². The zero-order valence-corrected chi connectivity index (χ0v) is 19.2. The Morgan fingerprint density at radius 3 is 1.34 bits per heavy atom. The van der Waals surface area contributed by atoms with Crippen LogP contribution in [-0.2, 0) is 0 Å². The van der Waals surface area contributed by atoms with Crippen LogP contribution in [0.15, 0.2) is 133 Å². The third kappa shape index (κ3) is 2.92. The molecular formula is C30H22OSe. The second-order valence-corrected chi connectivity index (χ2v) is 13.3. The first kappa shape index (κ1) is 19.1. The van der Waals surface area contributed by atoms with Crippen LogP contribution in [0.25, 0.3) is 22.3 Å². The summed E-state index contributed by atoms with van der Waals surface area (Å²) in [5.74, 6) is 0.918. The molecule has 32 heavy (non-hydrogen) atoms. The first-order chi connectivity index (χ1) is 15.9. The van der Waals surface area contributed by atoms with Gasteiger partial charge in [-0.2, -0.15) is 0 Å². The Hall–Kier alpha value is -3.58. The fourth-order valence-corrected chi connectivity index (χ4v) is 12.2. The maximum atomic E-state index is 7.22. The first-order valence-corrected chi connectivity index (χ1v) is 14.1. The van der Waals surface area contributed by atoms with Crippen molar-refractivity contribution in [2.45, 2.75) is 0 Å². The van der Waals surface area contributed by atoms with Gasteiger partial charge in [-0.1, -0.05) is 0 Å². The number of para-hydroxylation sites is 1. The quantitative estimate of drug-likeness (QED) is 0.316. The van der Waals surface area contributed by atoms with Crippen LogP contribution in [0, 0.1) is 0 Å². The summed E-state index contributed by atoms with van der Waals surface area (Å²) in [6, 6.07) is 47.4. The molecule has 5 aromatic carbocycles. The first-order valence-electron chi connectivity index (χ1n) is 10.8. The van der Waals surface area contributed by atoms with Gasteiger partial charge in [0, 0.05) is 0 Å². The Bertz CT molecular complexity index is 1350. The molecule has 5 aromatic rings. The molecule has 0 saturated heterocycles. The second-order valence-electron chi connectivity index (χ2n) is 7.81. The van der Waals surface area contributed by atoms with Crippen LogP contribution in [0.2, 0.25) is 0 Å². The van der Waals surface area contributed by atoms with E-state index < -0.39 is 13.2 Å². The average Bonchev–Trinajstić information content (AvgIpc) is 3.16. The SMILES string of the molecule is c1ccc(O[Se]2(c3ccccc3-c3ccccc3)c3ccccc3-c3ccccc32)cc1. The Morgan fingerprint density at radius 1 is 0.375 bits per heavy atom. The number of fused-ring (bicyclic) bond motifs is 3. The minimum absolute atomic E-state index is 0.918. The predicted molar refractivity (Wildman–Crippen MR) is 135 cm³/mol. The summed E-state index contributed by atoms with van der Waals surface area (Å²) in [5.41, 5.74) is 5.05. The van der Waals surface area contributed by atoms with E-state index in [1.54, 1.807) is 0 Å². The van der Waals surface area contributed by atoms with Gasteiger partial charge < -0.3 is 0 Å². The monoisotopic (exact) mass is 478 g/mol. The second kappa shape index (κ2) is 7.84. The third-order valence-corrected chi connectivity index (χ3v) is 13.0. The van der Waals surface area contributed by atoms with E-state index in [1.165, 1.54) is 35.6 Å². The number of rotatable bonds is 4. The summed E-state index contributed by atoms with van der Waals surface area (Å²) in [6.45, 7) is 0. The molecule has 1 aliphatic heterocycles. The van der Waals surface area contributed by atoms with Crippen molar-refractivity contribution in [2.75, 3.05) is 0 Å². The van der Waals surface area contributed by atoms with Crippen molar-refractivity contribution in [2.24, 2.45) is 0 Å². The molecule has 0 fully saturated rings. The van der Waals surface area contributed by atoms with Crippen LogP contribution in [0.5, 0.6) is 5.75 Å². The van der Waals surface area contributed by atoms with Gasteiger partial charge in [-0.05, 0) is 0 Å². The van der Waals surface area contributed by atoms with Gasteiger partial charge in [0.2, 0.25) is 0 Å². The van der Waals surface area contributed by atoms with Crippen molar-refractivity contribution in [1.82, 2.24) is 0 Å². The van der Waals surface area contributed by atoms with Crippen LogP contribution in [0.4, 0.5) is 0 Å².